The van der Waals surface area contributed by atoms with Crippen LogP contribution in [0.1, 0.15) is 0 Å². The maximum Gasteiger partial charge on any atom is 0.221 e. The normalized spacial score (nSPS) is 10.4. The minimum absolute atomic E-state index is 0.124. The van der Waals surface area contributed by atoms with Gasteiger partial charge in [0.2, 0.25) is 5.95 Å². The lowest BCUT2D eigenvalue weighted by Crippen LogP contribution is -2.01. The van der Waals surface area contributed by atoms with Gasteiger partial charge in [0, 0.05) is 17.3 Å². The summed E-state index contributed by atoms with van der Waals surface area (Å²) >= 11 is 12.0. The van der Waals surface area contributed by atoms with Gasteiger partial charge in [0.1, 0.15) is 5.82 Å². The standard InChI is InChI=1S/C10H8Cl2N4/c11-7-3-1-2-5(8(7)12)6-4-15-10(14)16-9(6)13/h1-4H,(H4,13,14,15,16). The molecule has 1 heterocycles. The van der Waals surface area contributed by atoms with E-state index in [1.54, 1.807) is 18.2 Å². The van der Waals surface area contributed by atoms with Crippen molar-refractivity contribution in [2.75, 3.05) is 11.5 Å². The van der Waals surface area contributed by atoms with E-state index in [0.29, 0.717) is 21.2 Å². The van der Waals surface area contributed by atoms with Gasteiger partial charge in [-0.2, -0.15) is 4.98 Å². The number of benzene rings is 1. The first-order chi connectivity index (χ1) is 7.59. The van der Waals surface area contributed by atoms with Crippen molar-refractivity contribution in [3.8, 4) is 11.1 Å². The van der Waals surface area contributed by atoms with E-state index in [2.05, 4.69) is 9.97 Å². The number of hydrogen-bond donors (Lipinski definition) is 2. The van der Waals surface area contributed by atoms with Gasteiger partial charge in [-0.25, -0.2) is 4.98 Å². The van der Waals surface area contributed by atoms with E-state index in [1.807, 2.05) is 0 Å². The van der Waals surface area contributed by atoms with Gasteiger partial charge in [-0.05, 0) is 6.07 Å². The summed E-state index contributed by atoms with van der Waals surface area (Å²) in [5, 5.41) is 0.875. The summed E-state index contributed by atoms with van der Waals surface area (Å²) in [6.45, 7) is 0. The topological polar surface area (TPSA) is 77.8 Å². The lowest BCUT2D eigenvalue weighted by Gasteiger charge is -2.07. The third kappa shape index (κ3) is 1.89. The number of aromatic nitrogens is 2. The zero-order chi connectivity index (χ0) is 11.7. The summed E-state index contributed by atoms with van der Waals surface area (Å²) in [5.74, 6) is 0.399. The zero-order valence-electron chi connectivity index (χ0n) is 8.11. The Hall–Kier alpha value is -1.52. The molecule has 2 aromatic rings. The van der Waals surface area contributed by atoms with E-state index in [9.17, 15) is 0 Å². The van der Waals surface area contributed by atoms with Gasteiger partial charge >= 0.3 is 0 Å². The van der Waals surface area contributed by atoms with E-state index in [4.69, 9.17) is 34.7 Å². The highest BCUT2D eigenvalue weighted by molar-refractivity contribution is 6.43. The van der Waals surface area contributed by atoms with Crippen LogP contribution in [-0.4, -0.2) is 9.97 Å². The molecule has 6 heteroatoms. The molecule has 0 aliphatic carbocycles. The second-order valence-electron chi connectivity index (χ2n) is 3.13. The van der Waals surface area contributed by atoms with Crippen molar-refractivity contribution in [3.05, 3.63) is 34.4 Å². The van der Waals surface area contributed by atoms with Crippen molar-refractivity contribution in [1.82, 2.24) is 9.97 Å². The monoisotopic (exact) mass is 254 g/mol. The van der Waals surface area contributed by atoms with Crippen molar-refractivity contribution in [2.24, 2.45) is 0 Å². The summed E-state index contributed by atoms with van der Waals surface area (Å²) in [4.78, 5) is 7.74. The molecule has 4 N–H and O–H groups in total. The third-order valence-electron chi connectivity index (χ3n) is 2.08. The van der Waals surface area contributed by atoms with Crippen LogP contribution in [0.2, 0.25) is 10.0 Å². The molecule has 1 aromatic heterocycles. The predicted molar refractivity (Wildman–Crippen MR) is 66.3 cm³/mol. The SMILES string of the molecule is Nc1ncc(-c2cccc(Cl)c2Cl)c(N)n1. The van der Waals surface area contributed by atoms with Crippen LogP contribution in [0.5, 0.6) is 0 Å². The third-order valence-corrected chi connectivity index (χ3v) is 2.90. The summed E-state index contributed by atoms with van der Waals surface area (Å²) < 4.78 is 0. The molecule has 16 heavy (non-hydrogen) atoms. The molecule has 82 valence electrons. The lowest BCUT2D eigenvalue weighted by molar-refractivity contribution is 1.20. The zero-order valence-corrected chi connectivity index (χ0v) is 9.63. The van der Waals surface area contributed by atoms with Crippen LogP contribution in [0.15, 0.2) is 24.4 Å². The minimum atomic E-state index is 0.124. The van der Waals surface area contributed by atoms with Crippen LogP contribution in [0.4, 0.5) is 11.8 Å². The summed E-state index contributed by atoms with van der Waals surface area (Å²) in [5.41, 5.74) is 12.5. The molecule has 4 nitrogen and oxygen atoms in total. The highest BCUT2D eigenvalue weighted by Gasteiger charge is 2.11. The van der Waals surface area contributed by atoms with E-state index in [0.717, 1.165) is 0 Å². The predicted octanol–water partition coefficient (Wildman–Crippen LogP) is 2.61. The highest BCUT2D eigenvalue weighted by atomic mass is 35.5. The van der Waals surface area contributed by atoms with Crippen LogP contribution >= 0.6 is 23.2 Å². The van der Waals surface area contributed by atoms with Crippen molar-refractivity contribution in [1.29, 1.82) is 0 Å². The first-order valence-corrected chi connectivity index (χ1v) is 5.17. The molecule has 0 saturated carbocycles. The smallest absolute Gasteiger partial charge is 0.221 e. The number of nitrogens with zero attached hydrogens (tertiary/aromatic N) is 2. The van der Waals surface area contributed by atoms with Crippen molar-refractivity contribution >= 4 is 35.0 Å². The van der Waals surface area contributed by atoms with Gasteiger partial charge in [-0.15, -0.1) is 0 Å². The second kappa shape index (κ2) is 4.15. The van der Waals surface area contributed by atoms with Crippen molar-refractivity contribution < 1.29 is 0 Å². The molecule has 0 atom stereocenters. The van der Waals surface area contributed by atoms with Gasteiger partial charge < -0.3 is 11.5 Å². The quantitative estimate of drug-likeness (QED) is 0.820. The Balaban J connectivity index is 2.63. The number of hydrogen-bond acceptors (Lipinski definition) is 4. The van der Waals surface area contributed by atoms with Crippen LogP contribution < -0.4 is 11.5 Å². The molecular weight excluding hydrogens is 247 g/mol. The van der Waals surface area contributed by atoms with Gasteiger partial charge in [-0.3, -0.25) is 0 Å². The van der Waals surface area contributed by atoms with E-state index in [1.165, 1.54) is 6.20 Å². The average molecular weight is 255 g/mol. The summed E-state index contributed by atoms with van der Waals surface area (Å²) in [7, 11) is 0. The number of halogens is 2. The van der Waals surface area contributed by atoms with Gasteiger partial charge in [-0.1, -0.05) is 35.3 Å². The maximum atomic E-state index is 6.07. The Morgan fingerprint density at radius 3 is 2.50 bits per heavy atom. The largest absolute Gasteiger partial charge is 0.383 e. The van der Waals surface area contributed by atoms with Crippen molar-refractivity contribution in [3.63, 3.8) is 0 Å². The van der Waals surface area contributed by atoms with Crippen LogP contribution in [-0.2, 0) is 0 Å². The van der Waals surface area contributed by atoms with E-state index in [-0.39, 0.29) is 11.8 Å². The van der Waals surface area contributed by atoms with Crippen LogP contribution in [0, 0.1) is 0 Å². The van der Waals surface area contributed by atoms with Gasteiger partial charge in [0.25, 0.3) is 0 Å². The first kappa shape index (κ1) is 11.0. The molecule has 0 aliphatic heterocycles. The fourth-order valence-electron chi connectivity index (χ4n) is 1.33. The fraction of sp³-hybridized carbons (Fsp3) is 0. The van der Waals surface area contributed by atoms with Gasteiger partial charge in [0.05, 0.1) is 10.0 Å². The minimum Gasteiger partial charge on any atom is -0.383 e. The molecule has 0 spiro atoms. The molecule has 1 aromatic carbocycles. The number of anilines is 2. The average Bonchev–Trinajstić information content (AvgIpc) is 2.23. The van der Waals surface area contributed by atoms with E-state index >= 15 is 0 Å². The van der Waals surface area contributed by atoms with Crippen LogP contribution in [0.25, 0.3) is 11.1 Å². The maximum absolute atomic E-state index is 6.07. The summed E-state index contributed by atoms with van der Waals surface area (Å²) in [6, 6.07) is 5.26. The van der Waals surface area contributed by atoms with Crippen molar-refractivity contribution in [2.45, 2.75) is 0 Å². The molecule has 0 radical (unpaired) electrons. The molecule has 0 bridgehead atoms. The number of nitrogen functional groups attached to an aromatic ring is 2. The molecule has 0 aliphatic rings. The Morgan fingerprint density at radius 1 is 1.06 bits per heavy atom. The Bertz CT molecular complexity index is 542. The van der Waals surface area contributed by atoms with Gasteiger partial charge in [0.15, 0.2) is 0 Å². The molecule has 0 amide bonds. The molecule has 2 rings (SSSR count). The molecule has 0 unspecified atom stereocenters. The van der Waals surface area contributed by atoms with Crippen LogP contribution in [0.3, 0.4) is 0 Å². The summed E-state index contributed by atoms with van der Waals surface area (Å²) in [6.07, 6.45) is 1.52. The molecule has 0 saturated heterocycles. The lowest BCUT2D eigenvalue weighted by atomic mass is 10.1. The molecular formula is C10H8Cl2N4. The number of rotatable bonds is 1. The second-order valence-corrected chi connectivity index (χ2v) is 3.91. The molecule has 0 fully saturated rings. The Kier molecular flexibility index (Phi) is 2.85. The number of nitrogens with two attached hydrogens (primary N) is 2. The Morgan fingerprint density at radius 2 is 1.81 bits per heavy atom. The highest BCUT2D eigenvalue weighted by Crippen LogP contribution is 2.35. The van der Waals surface area contributed by atoms with E-state index < -0.39 is 0 Å². The first-order valence-electron chi connectivity index (χ1n) is 4.42. The Labute approximate surface area is 102 Å². The fourth-order valence-corrected chi connectivity index (χ4v) is 1.73.